The predicted octanol–water partition coefficient (Wildman–Crippen LogP) is 3.07. The molecule has 1 amide bonds. The maximum Gasteiger partial charge on any atom is 0.236 e. The Labute approximate surface area is 153 Å². The molecule has 0 aliphatic heterocycles. The minimum atomic E-state index is -0.120. The molecule has 0 bridgehead atoms. The standard InChI is InChI=1S/C16H17N5O2S2/c1-3-23-12-6-4-11(5-7-12)14-19-20-16(21(14)2)25-10-13(22)18-15-17-8-9-24-15/h4-9H,3,10H2,1-2H3,(H,17,18,22). The minimum Gasteiger partial charge on any atom is -0.494 e. The fraction of sp³-hybridized carbons (Fsp3) is 0.250. The second kappa shape index (κ2) is 8.13. The number of carbonyl (C=O) groups is 1. The molecule has 1 aromatic carbocycles. The number of carbonyl (C=O) groups excluding carboxylic acids is 1. The van der Waals surface area contributed by atoms with Crippen molar-refractivity contribution in [2.45, 2.75) is 12.1 Å². The third-order valence-electron chi connectivity index (χ3n) is 3.27. The summed E-state index contributed by atoms with van der Waals surface area (Å²) in [5.41, 5.74) is 0.942. The highest BCUT2D eigenvalue weighted by Crippen LogP contribution is 2.24. The lowest BCUT2D eigenvalue weighted by molar-refractivity contribution is -0.113. The van der Waals surface area contributed by atoms with E-state index in [4.69, 9.17) is 4.74 Å². The number of thioether (sulfide) groups is 1. The van der Waals surface area contributed by atoms with Crippen LogP contribution < -0.4 is 10.1 Å². The quantitative estimate of drug-likeness (QED) is 0.639. The largest absolute Gasteiger partial charge is 0.494 e. The zero-order chi connectivity index (χ0) is 17.6. The first-order chi connectivity index (χ1) is 12.2. The molecule has 0 radical (unpaired) electrons. The van der Waals surface area contributed by atoms with E-state index in [1.807, 2.05) is 48.2 Å². The van der Waals surface area contributed by atoms with Crippen molar-refractivity contribution in [2.24, 2.45) is 7.05 Å². The van der Waals surface area contributed by atoms with Crippen molar-refractivity contribution in [2.75, 3.05) is 17.7 Å². The fourth-order valence-corrected chi connectivity index (χ4v) is 3.39. The van der Waals surface area contributed by atoms with Gasteiger partial charge in [-0.05, 0) is 31.2 Å². The number of anilines is 1. The molecule has 2 aromatic heterocycles. The van der Waals surface area contributed by atoms with E-state index in [0.29, 0.717) is 16.9 Å². The zero-order valence-corrected chi connectivity index (χ0v) is 15.4. The molecule has 0 saturated heterocycles. The topological polar surface area (TPSA) is 81.9 Å². The van der Waals surface area contributed by atoms with Crippen molar-refractivity contribution in [3.63, 3.8) is 0 Å². The summed E-state index contributed by atoms with van der Waals surface area (Å²) in [6.07, 6.45) is 1.65. The van der Waals surface area contributed by atoms with Crippen molar-refractivity contribution in [3.05, 3.63) is 35.8 Å². The predicted molar refractivity (Wildman–Crippen MR) is 99.1 cm³/mol. The summed E-state index contributed by atoms with van der Waals surface area (Å²) in [6.45, 7) is 2.58. The first-order valence-corrected chi connectivity index (χ1v) is 9.48. The zero-order valence-electron chi connectivity index (χ0n) is 13.8. The molecule has 0 saturated carbocycles. The molecular formula is C16H17N5O2S2. The van der Waals surface area contributed by atoms with Gasteiger partial charge < -0.3 is 14.6 Å². The van der Waals surface area contributed by atoms with Crippen LogP contribution in [0.15, 0.2) is 41.0 Å². The monoisotopic (exact) mass is 375 g/mol. The fourth-order valence-electron chi connectivity index (χ4n) is 2.13. The molecule has 0 fully saturated rings. The van der Waals surface area contributed by atoms with Crippen LogP contribution >= 0.6 is 23.1 Å². The van der Waals surface area contributed by atoms with E-state index in [2.05, 4.69) is 20.5 Å². The Morgan fingerprint density at radius 2 is 2.12 bits per heavy atom. The summed E-state index contributed by atoms with van der Waals surface area (Å²) in [7, 11) is 1.88. The Morgan fingerprint density at radius 1 is 1.32 bits per heavy atom. The molecule has 2 heterocycles. The third-order valence-corrected chi connectivity index (χ3v) is 4.98. The molecule has 25 heavy (non-hydrogen) atoms. The highest BCUT2D eigenvalue weighted by Gasteiger charge is 2.13. The van der Waals surface area contributed by atoms with Gasteiger partial charge in [-0.2, -0.15) is 0 Å². The van der Waals surface area contributed by atoms with Gasteiger partial charge in [0.05, 0.1) is 12.4 Å². The van der Waals surface area contributed by atoms with Crippen LogP contribution in [0.2, 0.25) is 0 Å². The van der Waals surface area contributed by atoms with Gasteiger partial charge in [-0.3, -0.25) is 4.79 Å². The molecular weight excluding hydrogens is 358 g/mol. The highest BCUT2D eigenvalue weighted by atomic mass is 32.2. The van der Waals surface area contributed by atoms with Crippen LogP contribution in [0.3, 0.4) is 0 Å². The van der Waals surface area contributed by atoms with Crippen molar-refractivity contribution >= 4 is 34.1 Å². The number of nitrogens with zero attached hydrogens (tertiary/aromatic N) is 4. The van der Waals surface area contributed by atoms with Crippen molar-refractivity contribution in [1.82, 2.24) is 19.7 Å². The summed E-state index contributed by atoms with van der Waals surface area (Å²) in [4.78, 5) is 16.0. The molecule has 0 atom stereocenters. The third kappa shape index (κ3) is 4.37. The average Bonchev–Trinajstić information content (AvgIpc) is 3.24. The summed E-state index contributed by atoms with van der Waals surface area (Å²) in [5.74, 6) is 1.69. The van der Waals surface area contributed by atoms with Crippen LogP contribution in [0.25, 0.3) is 11.4 Å². The number of rotatable bonds is 7. The second-order valence-electron chi connectivity index (χ2n) is 5.00. The van der Waals surface area contributed by atoms with E-state index in [1.54, 1.807) is 6.20 Å². The molecule has 1 N–H and O–H groups in total. The number of benzene rings is 1. The molecule has 3 aromatic rings. The van der Waals surface area contributed by atoms with Gasteiger partial charge in [0.2, 0.25) is 5.91 Å². The highest BCUT2D eigenvalue weighted by molar-refractivity contribution is 7.99. The SMILES string of the molecule is CCOc1ccc(-c2nnc(SCC(=O)Nc3nccs3)n2C)cc1. The van der Waals surface area contributed by atoms with Gasteiger partial charge >= 0.3 is 0 Å². The Hall–Kier alpha value is -2.39. The molecule has 0 aliphatic rings. The molecule has 7 nitrogen and oxygen atoms in total. The van der Waals surface area contributed by atoms with E-state index < -0.39 is 0 Å². The summed E-state index contributed by atoms with van der Waals surface area (Å²) >= 11 is 2.72. The molecule has 3 rings (SSSR count). The molecule has 0 spiro atoms. The first-order valence-electron chi connectivity index (χ1n) is 7.62. The van der Waals surface area contributed by atoms with Gasteiger partial charge in [0.1, 0.15) is 5.75 Å². The smallest absolute Gasteiger partial charge is 0.236 e. The number of hydrogen-bond donors (Lipinski definition) is 1. The van der Waals surface area contributed by atoms with E-state index in [0.717, 1.165) is 17.1 Å². The van der Waals surface area contributed by atoms with Gasteiger partial charge in [0.25, 0.3) is 0 Å². The summed E-state index contributed by atoms with van der Waals surface area (Å²) in [5, 5.41) is 14.2. The van der Waals surface area contributed by atoms with Crippen LogP contribution in [-0.4, -0.2) is 38.0 Å². The molecule has 0 unspecified atom stereocenters. The minimum absolute atomic E-state index is 0.120. The van der Waals surface area contributed by atoms with Crippen LogP contribution in [0.1, 0.15) is 6.92 Å². The molecule has 130 valence electrons. The first kappa shape index (κ1) is 17.4. The van der Waals surface area contributed by atoms with E-state index >= 15 is 0 Å². The van der Waals surface area contributed by atoms with Crippen molar-refractivity contribution < 1.29 is 9.53 Å². The van der Waals surface area contributed by atoms with Crippen LogP contribution in [-0.2, 0) is 11.8 Å². The van der Waals surface area contributed by atoms with Gasteiger partial charge in [0.15, 0.2) is 16.1 Å². The number of hydrogen-bond acceptors (Lipinski definition) is 7. The van der Waals surface area contributed by atoms with Gasteiger partial charge in [-0.25, -0.2) is 4.98 Å². The normalized spacial score (nSPS) is 10.6. The lowest BCUT2D eigenvalue weighted by Crippen LogP contribution is -2.14. The van der Waals surface area contributed by atoms with Crippen molar-refractivity contribution in [1.29, 1.82) is 0 Å². The Kier molecular flexibility index (Phi) is 5.67. The Bertz CT molecular complexity index is 831. The number of nitrogens with one attached hydrogen (secondary N) is 1. The van der Waals surface area contributed by atoms with Crippen LogP contribution in [0.5, 0.6) is 5.75 Å². The van der Waals surface area contributed by atoms with Gasteiger partial charge in [0, 0.05) is 24.2 Å². The summed E-state index contributed by atoms with van der Waals surface area (Å²) in [6, 6.07) is 7.70. The van der Waals surface area contributed by atoms with Gasteiger partial charge in [-0.15, -0.1) is 21.5 Å². The Morgan fingerprint density at radius 3 is 2.80 bits per heavy atom. The van der Waals surface area contributed by atoms with Crippen LogP contribution in [0, 0.1) is 0 Å². The Balaban J connectivity index is 1.63. The average molecular weight is 375 g/mol. The number of ether oxygens (including phenoxy) is 1. The van der Waals surface area contributed by atoms with E-state index in [-0.39, 0.29) is 11.7 Å². The van der Waals surface area contributed by atoms with E-state index in [1.165, 1.54) is 23.1 Å². The van der Waals surface area contributed by atoms with Crippen LogP contribution in [0.4, 0.5) is 5.13 Å². The van der Waals surface area contributed by atoms with Gasteiger partial charge in [-0.1, -0.05) is 11.8 Å². The lowest BCUT2D eigenvalue weighted by Gasteiger charge is -2.06. The summed E-state index contributed by atoms with van der Waals surface area (Å²) < 4.78 is 7.32. The lowest BCUT2D eigenvalue weighted by atomic mass is 10.2. The number of amides is 1. The number of aromatic nitrogens is 4. The molecule has 0 aliphatic carbocycles. The maximum absolute atomic E-state index is 11.9. The second-order valence-corrected chi connectivity index (χ2v) is 6.83. The van der Waals surface area contributed by atoms with E-state index in [9.17, 15) is 4.79 Å². The molecule has 9 heteroatoms. The van der Waals surface area contributed by atoms with Crippen molar-refractivity contribution in [3.8, 4) is 17.1 Å². The maximum atomic E-state index is 11.9. The number of thiazole rings is 1.